The zero-order valence-electron chi connectivity index (χ0n) is 11.4. The number of hydrogen-bond acceptors (Lipinski definition) is 4. The van der Waals surface area contributed by atoms with Gasteiger partial charge in [0.05, 0.1) is 19.2 Å². The summed E-state index contributed by atoms with van der Waals surface area (Å²) in [5.41, 5.74) is 2.46. The number of halogens is 1. The lowest BCUT2D eigenvalue weighted by Gasteiger charge is -1.99. The molecule has 21 heavy (non-hydrogen) atoms. The van der Waals surface area contributed by atoms with Gasteiger partial charge in [0.1, 0.15) is 5.82 Å². The fourth-order valence-electron chi connectivity index (χ4n) is 2.13. The van der Waals surface area contributed by atoms with Crippen LogP contribution in [0.3, 0.4) is 0 Å². The summed E-state index contributed by atoms with van der Waals surface area (Å²) < 4.78 is 19.9. The summed E-state index contributed by atoms with van der Waals surface area (Å²) in [4.78, 5) is 16.5. The SMILES string of the molecule is COC(=O)CCc1csc2nc(-c3cccc(F)c3)cn12. The molecule has 0 amide bonds. The summed E-state index contributed by atoms with van der Waals surface area (Å²) in [7, 11) is 1.38. The Kier molecular flexibility index (Phi) is 3.70. The summed E-state index contributed by atoms with van der Waals surface area (Å²) in [5, 5.41) is 1.97. The van der Waals surface area contributed by atoms with Crippen molar-refractivity contribution < 1.29 is 13.9 Å². The van der Waals surface area contributed by atoms with Gasteiger partial charge in [0.15, 0.2) is 4.96 Å². The molecule has 0 aliphatic heterocycles. The molecule has 3 aromatic rings. The number of aromatic nitrogens is 2. The minimum absolute atomic E-state index is 0.236. The van der Waals surface area contributed by atoms with Crippen molar-refractivity contribution in [3.8, 4) is 11.3 Å². The van der Waals surface area contributed by atoms with Crippen LogP contribution in [0.5, 0.6) is 0 Å². The number of aryl methyl sites for hydroxylation is 1. The molecule has 0 radical (unpaired) electrons. The van der Waals surface area contributed by atoms with Gasteiger partial charge in [-0.2, -0.15) is 0 Å². The van der Waals surface area contributed by atoms with E-state index < -0.39 is 0 Å². The number of benzene rings is 1. The van der Waals surface area contributed by atoms with Crippen LogP contribution in [0.15, 0.2) is 35.8 Å². The molecule has 3 rings (SSSR count). The Bertz CT molecular complexity index is 794. The van der Waals surface area contributed by atoms with E-state index in [0.29, 0.717) is 12.8 Å². The molecule has 6 heteroatoms. The number of ether oxygens (including phenoxy) is 1. The van der Waals surface area contributed by atoms with Crippen molar-refractivity contribution in [2.24, 2.45) is 0 Å². The van der Waals surface area contributed by atoms with E-state index in [1.165, 1.54) is 30.6 Å². The Labute approximate surface area is 124 Å². The number of esters is 1. The number of nitrogens with zero attached hydrogens (tertiary/aromatic N) is 2. The van der Waals surface area contributed by atoms with Gasteiger partial charge in [0, 0.05) is 22.8 Å². The molecule has 0 atom stereocenters. The minimum atomic E-state index is -0.283. The van der Waals surface area contributed by atoms with Gasteiger partial charge in [-0.25, -0.2) is 9.37 Å². The van der Waals surface area contributed by atoms with E-state index in [0.717, 1.165) is 21.9 Å². The van der Waals surface area contributed by atoms with Gasteiger partial charge < -0.3 is 4.74 Å². The number of rotatable bonds is 4. The number of hydrogen-bond donors (Lipinski definition) is 0. The third kappa shape index (κ3) is 2.80. The molecule has 0 aliphatic rings. The summed E-state index contributed by atoms with van der Waals surface area (Å²) >= 11 is 1.50. The highest BCUT2D eigenvalue weighted by Gasteiger charge is 2.11. The Morgan fingerprint density at radius 2 is 2.33 bits per heavy atom. The van der Waals surface area contributed by atoms with E-state index >= 15 is 0 Å². The van der Waals surface area contributed by atoms with Crippen LogP contribution in [0.1, 0.15) is 12.1 Å². The lowest BCUT2D eigenvalue weighted by molar-refractivity contribution is -0.140. The van der Waals surface area contributed by atoms with Crippen molar-refractivity contribution in [1.82, 2.24) is 9.38 Å². The number of carbonyl (C=O) groups excluding carboxylic acids is 1. The van der Waals surface area contributed by atoms with Crippen LogP contribution >= 0.6 is 11.3 Å². The second kappa shape index (κ2) is 5.65. The molecule has 0 saturated carbocycles. The number of carbonyl (C=O) groups is 1. The smallest absolute Gasteiger partial charge is 0.305 e. The number of imidazole rings is 1. The normalized spacial score (nSPS) is 11.0. The predicted molar refractivity (Wildman–Crippen MR) is 78.8 cm³/mol. The van der Waals surface area contributed by atoms with Crippen LogP contribution in [0.4, 0.5) is 4.39 Å². The molecule has 0 spiro atoms. The Morgan fingerprint density at radius 1 is 1.48 bits per heavy atom. The molecule has 0 saturated heterocycles. The molecule has 1 aromatic carbocycles. The predicted octanol–water partition coefficient (Wildman–Crippen LogP) is 3.31. The molecule has 0 N–H and O–H groups in total. The standard InChI is InChI=1S/C15H13FN2O2S/c1-20-14(19)6-5-12-9-21-15-17-13(8-18(12)15)10-3-2-4-11(16)7-10/h2-4,7-9H,5-6H2,1H3. The molecule has 4 nitrogen and oxygen atoms in total. The van der Waals surface area contributed by atoms with Crippen LogP contribution in [0.2, 0.25) is 0 Å². The molecular weight excluding hydrogens is 291 g/mol. The monoisotopic (exact) mass is 304 g/mol. The highest BCUT2D eigenvalue weighted by atomic mass is 32.1. The Balaban J connectivity index is 1.90. The second-order valence-corrected chi connectivity index (χ2v) is 5.43. The first-order valence-electron chi connectivity index (χ1n) is 6.45. The van der Waals surface area contributed by atoms with Crippen LogP contribution in [0.25, 0.3) is 16.2 Å². The molecule has 0 bridgehead atoms. The summed E-state index contributed by atoms with van der Waals surface area (Å²) in [6.45, 7) is 0. The van der Waals surface area contributed by atoms with Gasteiger partial charge in [-0.1, -0.05) is 12.1 Å². The van der Waals surface area contributed by atoms with Crippen molar-refractivity contribution in [3.05, 3.63) is 47.4 Å². The van der Waals surface area contributed by atoms with Crippen molar-refractivity contribution in [1.29, 1.82) is 0 Å². The zero-order chi connectivity index (χ0) is 14.8. The minimum Gasteiger partial charge on any atom is -0.469 e. The maximum absolute atomic E-state index is 13.3. The topological polar surface area (TPSA) is 43.6 Å². The Morgan fingerprint density at radius 3 is 3.10 bits per heavy atom. The highest BCUT2D eigenvalue weighted by Crippen LogP contribution is 2.24. The van der Waals surface area contributed by atoms with Crippen molar-refractivity contribution in [2.45, 2.75) is 12.8 Å². The van der Waals surface area contributed by atoms with E-state index in [9.17, 15) is 9.18 Å². The zero-order valence-corrected chi connectivity index (χ0v) is 12.2. The number of fused-ring (bicyclic) bond motifs is 1. The van der Waals surface area contributed by atoms with Crippen molar-refractivity contribution in [2.75, 3.05) is 7.11 Å². The van der Waals surface area contributed by atoms with Gasteiger partial charge in [0.2, 0.25) is 0 Å². The lowest BCUT2D eigenvalue weighted by Crippen LogP contribution is -2.02. The first-order chi connectivity index (χ1) is 10.2. The van der Waals surface area contributed by atoms with Crippen LogP contribution < -0.4 is 0 Å². The maximum atomic E-state index is 13.3. The summed E-state index contributed by atoms with van der Waals surface area (Å²) in [5.74, 6) is -0.519. The number of methoxy groups -OCH3 is 1. The first-order valence-corrected chi connectivity index (χ1v) is 7.33. The first kappa shape index (κ1) is 13.8. The van der Waals surface area contributed by atoms with E-state index in [1.54, 1.807) is 6.07 Å². The maximum Gasteiger partial charge on any atom is 0.305 e. The highest BCUT2D eigenvalue weighted by molar-refractivity contribution is 7.15. The lowest BCUT2D eigenvalue weighted by atomic mass is 10.2. The van der Waals surface area contributed by atoms with Crippen LogP contribution in [0, 0.1) is 5.82 Å². The summed E-state index contributed by atoms with van der Waals surface area (Å²) in [6.07, 6.45) is 2.79. The molecule has 0 aliphatic carbocycles. The van der Waals surface area contributed by atoms with E-state index in [2.05, 4.69) is 9.72 Å². The van der Waals surface area contributed by atoms with Gasteiger partial charge in [-0.15, -0.1) is 11.3 Å². The van der Waals surface area contributed by atoms with Gasteiger partial charge in [0.25, 0.3) is 0 Å². The average molecular weight is 304 g/mol. The molecular formula is C15H13FN2O2S. The molecule has 2 heterocycles. The Hall–Kier alpha value is -2.21. The largest absolute Gasteiger partial charge is 0.469 e. The fourth-order valence-corrected chi connectivity index (χ4v) is 3.04. The summed E-state index contributed by atoms with van der Waals surface area (Å²) in [6, 6.07) is 6.35. The fraction of sp³-hybridized carbons (Fsp3) is 0.200. The van der Waals surface area contributed by atoms with Crippen LogP contribution in [-0.2, 0) is 16.0 Å². The quantitative estimate of drug-likeness (QED) is 0.695. The van der Waals surface area contributed by atoms with Crippen molar-refractivity contribution in [3.63, 3.8) is 0 Å². The van der Waals surface area contributed by atoms with Gasteiger partial charge in [-0.05, 0) is 18.6 Å². The van der Waals surface area contributed by atoms with E-state index in [1.807, 2.05) is 22.0 Å². The third-order valence-corrected chi connectivity index (χ3v) is 4.11. The molecule has 0 fully saturated rings. The third-order valence-electron chi connectivity index (χ3n) is 3.22. The van der Waals surface area contributed by atoms with E-state index in [4.69, 9.17) is 0 Å². The molecule has 108 valence electrons. The van der Waals surface area contributed by atoms with Gasteiger partial charge in [-0.3, -0.25) is 9.20 Å². The molecule has 0 unspecified atom stereocenters. The average Bonchev–Trinajstić information content (AvgIpc) is 3.05. The molecule has 2 aromatic heterocycles. The van der Waals surface area contributed by atoms with Crippen molar-refractivity contribution >= 4 is 22.3 Å². The van der Waals surface area contributed by atoms with Gasteiger partial charge >= 0.3 is 5.97 Å². The second-order valence-electron chi connectivity index (χ2n) is 4.59. The number of thiazole rings is 1. The van der Waals surface area contributed by atoms with E-state index in [-0.39, 0.29) is 11.8 Å². The van der Waals surface area contributed by atoms with Crippen LogP contribution in [-0.4, -0.2) is 22.5 Å².